The molecule has 2 rings (SSSR count). The fourth-order valence-electron chi connectivity index (χ4n) is 2.18. The summed E-state index contributed by atoms with van der Waals surface area (Å²) in [4.78, 5) is 2.17. The predicted molar refractivity (Wildman–Crippen MR) is 81.5 cm³/mol. The van der Waals surface area contributed by atoms with Gasteiger partial charge in [-0.1, -0.05) is 29.5 Å². The molecule has 6 nitrogen and oxygen atoms in total. The molecule has 0 atom stereocenters. The third kappa shape index (κ3) is 4.93. The first-order valence-corrected chi connectivity index (χ1v) is 7.11. The molecule has 6 heteroatoms. The summed E-state index contributed by atoms with van der Waals surface area (Å²) in [6.45, 7) is 2.97. The Morgan fingerprint density at radius 3 is 2.67 bits per heavy atom. The first kappa shape index (κ1) is 15.6. The van der Waals surface area contributed by atoms with E-state index in [4.69, 9.17) is 5.11 Å². The summed E-state index contributed by atoms with van der Waals surface area (Å²) in [5, 5.41) is 20.3. The number of hydrogen-bond donors (Lipinski definition) is 2. The van der Waals surface area contributed by atoms with Crippen molar-refractivity contribution in [3.63, 3.8) is 0 Å². The molecule has 0 radical (unpaired) electrons. The second kappa shape index (κ2) is 7.87. The highest BCUT2D eigenvalue weighted by Crippen LogP contribution is 2.10. The monoisotopic (exact) mass is 289 g/mol. The third-order valence-corrected chi connectivity index (χ3v) is 3.14. The SMILES string of the molecule is CN(C)Cc1ccccc1CNCc1cn(CCO)nn1. The Hall–Kier alpha value is -1.76. The van der Waals surface area contributed by atoms with Crippen LogP contribution in [0.25, 0.3) is 0 Å². The number of benzene rings is 1. The topological polar surface area (TPSA) is 66.2 Å². The lowest BCUT2D eigenvalue weighted by atomic mass is 10.1. The molecular formula is C15H23N5O. The van der Waals surface area contributed by atoms with Crippen LogP contribution in [0, 0.1) is 0 Å². The normalized spacial score (nSPS) is 11.2. The van der Waals surface area contributed by atoms with E-state index >= 15 is 0 Å². The number of hydrogen-bond acceptors (Lipinski definition) is 5. The molecule has 114 valence electrons. The van der Waals surface area contributed by atoms with Gasteiger partial charge in [0, 0.05) is 25.8 Å². The van der Waals surface area contributed by atoms with Crippen LogP contribution in [0.4, 0.5) is 0 Å². The summed E-state index contributed by atoms with van der Waals surface area (Å²) < 4.78 is 1.65. The van der Waals surface area contributed by atoms with Gasteiger partial charge in [0.05, 0.1) is 18.8 Å². The summed E-state index contributed by atoms with van der Waals surface area (Å²) in [6.07, 6.45) is 1.86. The number of aliphatic hydroxyl groups is 1. The van der Waals surface area contributed by atoms with Crippen molar-refractivity contribution in [2.45, 2.75) is 26.2 Å². The fraction of sp³-hybridized carbons (Fsp3) is 0.467. The van der Waals surface area contributed by atoms with Crippen LogP contribution in [0.15, 0.2) is 30.5 Å². The number of aliphatic hydroxyl groups excluding tert-OH is 1. The number of aromatic nitrogens is 3. The number of rotatable bonds is 8. The molecule has 1 heterocycles. The first-order chi connectivity index (χ1) is 10.2. The van der Waals surface area contributed by atoms with Gasteiger partial charge in [-0.2, -0.15) is 0 Å². The molecule has 0 aliphatic heterocycles. The lowest BCUT2D eigenvalue weighted by molar-refractivity contribution is 0.268. The molecule has 0 saturated heterocycles. The zero-order valence-electron chi connectivity index (χ0n) is 12.7. The maximum atomic E-state index is 8.85. The zero-order chi connectivity index (χ0) is 15.1. The van der Waals surface area contributed by atoms with E-state index in [0.29, 0.717) is 13.1 Å². The van der Waals surface area contributed by atoms with Crippen LogP contribution >= 0.6 is 0 Å². The second-order valence-corrected chi connectivity index (χ2v) is 5.31. The average molecular weight is 289 g/mol. The Bertz CT molecular complexity index is 553. The van der Waals surface area contributed by atoms with Gasteiger partial charge in [0.2, 0.25) is 0 Å². The highest BCUT2D eigenvalue weighted by Gasteiger charge is 2.04. The molecule has 0 unspecified atom stereocenters. The van der Waals surface area contributed by atoms with Crippen molar-refractivity contribution in [3.8, 4) is 0 Å². The van der Waals surface area contributed by atoms with Crippen LogP contribution in [0.3, 0.4) is 0 Å². The molecule has 0 spiro atoms. The van der Waals surface area contributed by atoms with Crippen LogP contribution in [0.1, 0.15) is 16.8 Å². The quantitative estimate of drug-likeness (QED) is 0.746. The highest BCUT2D eigenvalue weighted by atomic mass is 16.3. The smallest absolute Gasteiger partial charge is 0.0964 e. The molecular weight excluding hydrogens is 266 g/mol. The zero-order valence-corrected chi connectivity index (χ0v) is 12.7. The van der Waals surface area contributed by atoms with Gasteiger partial charge in [-0.15, -0.1) is 5.10 Å². The van der Waals surface area contributed by atoms with Crippen molar-refractivity contribution in [3.05, 3.63) is 47.3 Å². The number of nitrogens with zero attached hydrogens (tertiary/aromatic N) is 4. The van der Waals surface area contributed by atoms with Crippen molar-refractivity contribution < 1.29 is 5.11 Å². The Balaban J connectivity index is 1.87. The molecule has 2 N–H and O–H groups in total. The molecule has 0 fully saturated rings. The molecule has 0 aliphatic rings. The van der Waals surface area contributed by atoms with Gasteiger partial charge < -0.3 is 15.3 Å². The average Bonchev–Trinajstić information content (AvgIpc) is 2.88. The van der Waals surface area contributed by atoms with E-state index in [1.165, 1.54) is 11.1 Å². The van der Waals surface area contributed by atoms with Crippen LogP contribution in [0.5, 0.6) is 0 Å². The third-order valence-electron chi connectivity index (χ3n) is 3.14. The molecule has 1 aromatic heterocycles. The van der Waals surface area contributed by atoms with Gasteiger partial charge in [-0.05, 0) is 25.2 Å². The summed E-state index contributed by atoms with van der Waals surface area (Å²) in [7, 11) is 4.15. The van der Waals surface area contributed by atoms with E-state index in [1.807, 2.05) is 6.20 Å². The Morgan fingerprint density at radius 2 is 1.95 bits per heavy atom. The van der Waals surface area contributed by atoms with Crippen LogP contribution in [-0.2, 0) is 26.2 Å². The van der Waals surface area contributed by atoms with Gasteiger partial charge >= 0.3 is 0 Å². The highest BCUT2D eigenvalue weighted by molar-refractivity contribution is 5.26. The van der Waals surface area contributed by atoms with E-state index in [9.17, 15) is 0 Å². The van der Waals surface area contributed by atoms with Gasteiger partial charge in [0.1, 0.15) is 0 Å². The predicted octanol–water partition coefficient (Wildman–Crippen LogP) is 0.622. The van der Waals surface area contributed by atoms with E-state index in [-0.39, 0.29) is 6.61 Å². The first-order valence-electron chi connectivity index (χ1n) is 7.11. The Kier molecular flexibility index (Phi) is 5.86. The summed E-state index contributed by atoms with van der Waals surface area (Å²) in [6, 6.07) is 8.44. The summed E-state index contributed by atoms with van der Waals surface area (Å²) in [5.74, 6) is 0. The van der Waals surface area contributed by atoms with E-state index in [1.54, 1.807) is 4.68 Å². The van der Waals surface area contributed by atoms with Gasteiger partial charge in [-0.3, -0.25) is 0 Å². The van der Waals surface area contributed by atoms with E-state index in [0.717, 1.165) is 18.8 Å². The van der Waals surface area contributed by atoms with Gasteiger partial charge in [-0.25, -0.2) is 4.68 Å². The second-order valence-electron chi connectivity index (χ2n) is 5.31. The van der Waals surface area contributed by atoms with Gasteiger partial charge in [0.25, 0.3) is 0 Å². The summed E-state index contributed by atoms with van der Waals surface area (Å²) >= 11 is 0. The van der Waals surface area contributed by atoms with Crippen molar-refractivity contribution in [1.29, 1.82) is 0 Å². The van der Waals surface area contributed by atoms with Crippen molar-refractivity contribution in [2.24, 2.45) is 0 Å². The Morgan fingerprint density at radius 1 is 1.19 bits per heavy atom. The largest absolute Gasteiger partial charge is 0.394 e. The van der Waals surface area contributed by atoms with Crippen LogP contribution in [-0.4, -0.2) is 45.7 Å². The standard InChI is InChI=1S/C15H23N5O/c1-19(2)11-14-6-4-3-5-13(14)9-16-10-15-12-20(7-8-21)18-17-15/h3-6,12,16,21H,7-11H2,1-2H3. The number of nitrogens with one attached hydrogen (secondary N) is 1. The van der Waals surface area contributed by atoms with E-state index in [2.05, 4.69) is 58.9 Å². The van der Waals surface area contributed by atoms with Crippen molar-refractivity contribution in [1.82, 2.24) is 25.2 Å². The Labute approximate surface area is 125 Å². The maximum absolute atomic E-state index is 8.85. The van der Waals surface area contributed by atoms with Crippen LogP contribution < -0.4 is 5.32 Å². The lowest BCUT2D eigenvalue weighted by Crippen LogP contribution is -2.17. The molecule has 0 bridgehead atoms. The molecule has 2 aromatic rings. The fourth-order valence-corrected chi connectivity index (χ4v) is 2.18. The minimum Gasteiger partial charge on any atom is -0.394 e. The molecule has 1 aromatic carbocycles. The van der Waals surface area contributed by atoms with E-state index < -0.39 is 0 Å². The minimum atomic E-state index is 0.0775. The minimum absolute atomic E-state index is 0.0775. The lowest BCUT2D eigenvalue weighted by Gasteiger charge is -2.14. The molecule has 21 heavy (non-hydrogen) atoms. The summed E-state index contributed by atoms with van der Waals surface area (Å²) in [5.41, 5.74) is 3.52. The molecule has 0 aliphatic carbocycles. The van der Waals surface area contributed by atoms with Crippen molar-refractivity contribution >= 4 is 0 Å². The maximum Gasteiger partial charge on any atom is 0.0964 e. The van der Waals surface area contributed by atoms with Gasteiger partial charge in [0.15, 0.2) is 0 Å². The van der Waals surface area contributed by atoms with Crippen molar-refractivity contribution in [2.75, 3.05) is 20.7 Å². The molecule has 0 saturated carbocycles. The van der Waals surface area contributed by atoms with Crippen LogP contribution in [0.2, 0.25) is 0 Å². The molecule has 0 amide bonds.